The average molecular weight is 352 g/mol. The number of nitrogens with zero attached hydrogens (tertiary/aromatic N) is 3. The zero-order valence-electron chi connectivity index (χ0n) is 12.5. The van der Waals surface area contributed by atoms with Crippen LogP contribution in [0.25, 0.3) is 0 Å². The van der Waals surface area contributed by atoms with Crippen molar-refractivity contribution in [1.29, 1.82) is 0 Å². The van der Waals surface area contributed by atoms with Gasteiger partial charge in [0.05, 0.1) is 0 Å². The van der Waals surface area contributed by atoms with Crippen LogP contribution in [0.2, 0.25) is 0 Å². The molecule has 0 atom stereocenters. The summed E-state index contributed by atoms with van der Waals surface area (Å²) in [6.45, 7) is 4.68. The van der Waals surface area contributed by atoms with Crippen molar-refractivity contribution in [3.05, 3.63) is 17.0 Å². The molecule has 0 amide bonds. The van der Waals surface area contributed by atoms with E-state index >= 15 is 0 Å². The predicted molar refractivity (Wildman–Crippen MR) is 87.6 cm³/mol. The quantitative estimate of drug-likeness (QED) is 0.726. The van der Waals surface area contributed by atoms with E-state index in [-0.39, 0.29) is 0 Å². The van der Waals surface area contributed by atoms with Crippen molar-refractivity contribution in [3.8, 4) is 0 Å². The zero-order valence-corrected chi connectivity index (χ0v) is 14.8. The molecule has 0 aromatic carbocycles. The molecule has 0 aliphatic carbocycles. The Hall–Kier alpha value is -0.180. The van der Waals surface area contributed by atoms with Crippen LogP contribution in [0.4, 0.5) is 0 Å². The Kier molecular flexibility index (Phi) is 6.05. The zero-order chi connectivity index (χ0) is 15.5. The van der Waals surface area contributed by atoms with Gasteiger partial charge in [-0.2, -0.15) is 4.31 Å². The van der Waals surface area contributed by atoms with Crippen LogP contribution in [0.3, 0.4) is 0 Å². The van der Waals surface area contributed by atoms with E-state index in [1.54, 1.807) is 10.4 Å². The van der Waals surface area contributed by atoms with Crippen LogP contribution in [-0.2, 0) is 15.9 Å². The lowest BCUT2D eigenvalue weighted by Gasteiger charge is -2.34. The molecule has 0 radical (unpaired) electrons. The van der Waals surface area contributed by atoms with Crippen LogP contribution >= 0.6 is 22.9 Å². The summed E-state index contributed by atoms with van der Waals surface area (Å²) in [5.74, 6) is 0.352. The summed E-state index contributed by atoms with van der Waals surface area (Å²) in [7, 11) is 0.745. The summed E-state index contributed by atoms with van der Waals surface area (Å²) in [5.41, 5.74) is 0.866. The maximum atomic E-state index is 12.6. The number of halogens is 1. The highest BCUT2D eigenvalue weighted by Gasteiger charge is 2.29. The first-order chi connectivity index (χ1) is 9.93. The van der Waals surface area contributed by atoms with Gasteiger partial charge >= 0.3 is 0 Å². The number of hydrogen-bond acceptors (Lipinski definition) is 5. The van der Waals surface area contributed by atoms with E-state index in [0.717, 1.165) is 31.7 Å². The van der Waals surface area contributed by atoms with E-state index < -0.39 is 10.0 Å². The second-order valence-electron chi connectivity index (χ2n) is 5.46. The molecule has 0 bridgehead atoms. The first-order valence-electron chi connectivity index (χ1n) is 6.94. The van der Waals surface area contributed by atoms with Gasteiger partial charge in [0.15, 0.2) is 0 Å². The van der Waals surface area contributed by atoms with E-state index in [2.05, 4.69) is 9.80 Å². The van der Waals surface area contributed by atoms with E-state index in [0.29, 0.717) is 23.2 Å². The van der Waals surface area contributed by atoms with Gasteiger partial charge in [-0.1, -0.05) is 0 Å². The minimum atomic E-state index is -3.35. The third-order valence-corrected chi connectivity index (χ3v) is 7.24. The lowest BCUT2D eigenvalue weighted by Crippen LogP contribution is -2.49. The predicted octanol–water partition coefficient (Wildman–Crippen LogP) is 1.35. The van der Waals surface area contributed by atoms with Crippen LogP contribution in [0.5, 0.6) is 0 Å². The molecule has 1 saturated heterocycles. The van der Waals surface area contributed by atoms with Gasteiger partial charge in [-0.25, -0.2) is 8.42 Å². The molecule has 0 N–H and O–H groups in total. The SMILES string of the molecule is CN(C)CCN1CCN(S(=O)(=O)c2cc(CCl)cs2)CC1. The Balaban J connectivity index is 1.94. The fourth-order valence-electron chi connectivity index (χ4n) is 2.22. The molecule has 0 saturated carbocycles. The van der Waals surface area contributed by atoms with Crippen LogP contribution in [-0.4, -0.2) is 75.9 Å². The lowest BCUT2D eigenvalue weighted by molar-refractivity contribution is 0.175. The molecule has 21 heavy (non-hydrogen) atoms. The largest absolute Gasteiger partial charge is 0.308 e. The number of piperazine rings is 1. The molecule has 2 heterocycles. The molecular formula is C13H22ClN3O2S2. The summed E-state index contributed by atoms with van der Waals surface area (Å²) in [6, 6.07) is 1.69. The van der Waals surface area contributed by atoms with E-state index in [4.69, 9.17) is 11.6 Å². The maximum Gasteiger partial charge on any atom is 0.252 e. The molecule has 120 valence electrons. The number of sulfonamides is 1. The summed E-state index contributed by atoms with van der Waals surface area (Å²) < 4.78 is 27.1. The van der Waals surface area contributed by atoms with Gasteiger partial charge in [0.1, 0.15) is 4.21 Å². The molecule has 8 heteroatoms. The second kappa shape index (κ2) is 7.39. The number of hydrogen-bond donors (Lipinski definition) is 0. The molecule has 0 unspecified atom stereocenters. The monoisotopic (exact) mass is 351 g/mol. The summed E-state index contributed by atoms with van der Waals surface area (Å²) in [4.78, 5) is 4.45. The molecule has 2 rings (SSSR count). The van der Waals surface area contributed by atoms with Gasteiger partial charge < -0.3 is 4.90 Å². The Labute approximate surface area is 136 Å². The van der Waals surface area contributed by atoms with Crippen molar-refractivity contribution < 1.29 is 8.42 Å². The van der Waals surface area contributed by atoms with Crippen molar-refractivity contribution in [2.45, 2.75) is 10.1 Å². The molecule has 1 fully saturated rings. The van der Waals surface area contributed by atoms with Gasteiger partial charge in [-0.3, -0.25) is 4.90 Å². The third-order valence-electron chi connectivity index (χ3n) is 3.57. The highest BCUT2D eigenvalue weighted by Crippen LogP contribution is 2.25. The Morgan fingerprint density at radius 2 is 1.95 bits per heavy atom. The van der Waals surface area contributed by atoms with Gasteiger partial charge in [0, 0.05) is 45.1 Å². The molecule has 5 nitrogen and oxygen atoms in total. The smallest absolute Gasteiger partial charge is 0.252 e. The van der Waals surface area contributed by atoms with Crippen LogP contribution < -0.4 is 0 Å². The van der Waals surface area contributed by atoms with Crippen LogP contribution in [0.1, 0.15) is 5.56 Å². The lowest BCUT2D eigenvalue weighted by atomic mass is 10.3. The van der Waals surface area contributed by atoms with Crippen molar-refractivity contribution in [3.63, 3.8) is 0 Å². The molecule has 1 aliphatic heterocycles. The normalized spacial score (nSPS) is 18.5. The minimum Gasteiger partial charge on any atom is -0.308 e. The summed E-state index contributed by atoms with van der Waals surface area (Å²) in [5, 5.41) is 1.81. The molecule has 1 aromatic heterocycles. The summed E-state index contributed by atoms with van der Waals surface area (Å²) in [6.07, 6.45) is 0. The van der Waals surface area contributed by atoms with Crippen LogP contribution in [0, 0.1) is 0 Å². The number of rotatable bonds is 6. The third kappa shape index (κ3) is 4.40. The molecular weight excluding hydrogens is 330 g/mol. The molecule has 0 spiro atoms. The topological polar surface area (TPSA) is 43.9 Å². The van der Waals surface area contributed by atoms with E-state index in [1.807, 2.05) is 19.5 Å². The van der Waals surface area contributed by atoms with Crippen LogP contribution in [0.15, 0.2) is 15.7 Å². The molecule has 1 aliphatic rings. The first kappa shape index (κ1) is 17.2. The van der Waals surface area contributed by atoms with Crippen molar-refractivity contribution in [2.75, 3.05) is 53.4 Å². The Morgan fingerprint density at radius 1 is 1.29 bits per heavy atom. The fourth-order valence-corrected chi connectivity index (χ4v) is 5.25. The fraction of sp³-hybridized carbons (Fsp3) is 0.692. The first-order valence-corrected chi connectivity index (χ1v) is 9.79. The minimum absolute atomic E-state index is 0.352. The molecule has 1 aromatic rings. The summed E-state index contributed by atoms with van der Waals surface area (Å²) >= 11 is 7.00. The van der Waals surface area contributed by atoms with Crippen molar-refractivity contribution in [1.82, 2.24) is 14.1 Å². The highest BCUT2D eigenvalue weighted by atomic mass is 35.5. The number of likely N-dealkylation sites (N-methyl/N-ethyl adjacent to an activating group) is 1. The van der Waals surface area contributed by atoms with Gasteiger partial charge in [-0.05, 0) is 31.1 Å². The average Bonchev–Trinajstić information content (AvgIpc) is 2.95. The van der Waals surface area contributed by atoms with E-state index in [9.17, 15) is 8.42 Å². The van der Waals surface area contributed by atoms with E-state index in [1.165, 1.54) is 11.3 Å². The van der Waals surface area contributed by atoms with Gasteiger partial charge in [0.2, 0.25) is 0 Å². The van der Waals surface area contributed by atoms with Gasteiger partial charge in [-0.15, -0.1) is 22.9 Å². The maximum absolute atomic E-state index is 12.6. The van der Waals surface area contributed by atoms with Crippen molar-refractivity contribution >= 4 is 33.0 Å². The number of thiophene rings is 1. The highest BCUT2D eigenvalue weighted by molar-refractivity contribution is 7.91. The second-order valence-corrected chi connectivity index (χ2v) is 8.80. The Bertz CT molecular complexity index is 552. The number of alkyl halides is 1. The van der Waals surface area contributed by atoms with Gasteiger partial charge in [0.25, 0.3) is 10.0 Å². The van der Waals surface area contributed by atoms with Crippen molar-refractivity contribution in [2.24, 2.45) is 0 Å². The standard InChI is InChI=1S/C13H22ClN3O2S2/c1-15(2)3-4-16-5-7-17(8-6-16)21(18,19)13-9-12(10-14)11-20-13/h9,11H,3-8,10H2,1-2H3. The Morgan fingerprint density at radius 3 is 2.48 bits per heavy atom.